The Morgan fingerprint density at radius 2 is 1.42 bits per heavy atom. The summed E-state index contributed by atoms with van der Waals surface area (Å²) in [6.07, 6.45) is 14.1. The van der Waals surface area contributed by atoms with Gasteiger partial charge in [0.15, 0.2) is 6.04 Å². The molecule has 0 saturated carbocycles. The largest absolute Gasteiger partial charge is 0.490 e. The SMILES string of the molecule is CCCCCCCCCCc1ccccc1OC(C)CCOC(=O)C(CCC)[N+](C)(C)Cc1ccccc1. The van der Waals surface area contributed by atoms with Crippen LogP contribution < -0.4 is 4.74 Å². The molecule has 0 aromatic heterocycles. The second-order valence-electron chi connectivity index (χ2n) is 11.4. The van der Waals surface area contributed by atoms with Crippen molar-refractivity contribution in [2.75, 3.05) is 20.7 Å². The van der Waals surface area contributed by atoms with Gasteiger partial charge in [0.2, 0.25) is 0 Å². The highest BCUT2D eigenvalue weighted by Crippen LogP contribution is 2.23. The minimum atomic E-state index is -0.177. The fraction of sp³-hybridized carbons (Fsp3) is 0.618. The van der Waals surface area contributed by atoms with Crippen molar-refractivity contribution >= 4 is 5.97 Å². The monoisotopic (exact) mass is 524 g/mol. The Kier molecular flexibility index (Phi) is 15.1. The van der Waals surface area contributed by atoms with E-state index in [1.807, 2.05) is 12.1 Å². The normalized spacial score (nSPS) is 13.2. The Morgan fingerprint density at radius 3 is 2.11 bits per heavy atom. The lowest BCUT2D eigenvalue weighted by Gasteiger charge is -2.36. The minimum absolute atomic E-state index is 0.0149. The van der Waals surface area contributed by atoms with Crippen LogP contribution in [0.1, 0.15) is 103 Å². The highest BCUT2D eigenvalue weighted by molar-refractivity contribution is 5.74. The second kappa shape index (κ2) is 18.0. The van der Waals surface area contributed by atoms with E-state index in [2.05, 4.69) is 77.3 Å². The number of hydrogen-bond acceptors (Lipinski definition) is 3. The number of ether oxygens (including phenoxy) is 2. The number of esters is 1. The van der Waals surface area contributed by atoms with E-state index in [9.17, 15) is 4.79 Å². The van der Waals surface area contributed by atoms with Gasteiger partial charge in [0.05, 0.1) is 26.8 Å². The van der Waals surface area contributed by atoms with E-state index in [1.165, 1.54) is 62.5 Å². The van der Waals surface area contributed by atoms with Gasteiger partial charge < -0.3 is 14.0 Å². The number of nitrogens with zero attached hydrogens (tertiary/aromatic N) is 1. The van der Waals surface area contributed by atoms with Gasteiger partial charge in [-0.15, -0.1) is 0 Å². The van der Waals surface area contributed by atoms with Crippen LogP contribution in [-0.4, -0.2) is 43.3 Å². The zero-order valence-electron chi connectivity index (χ0n) is 24.9. The van der Waals surface area contributed by atoms with E-state index in [1.54, 1.807) is 0 Å². The smallest absolute Gasteiger partial charge is 0.364 e. The number of rotatable bonds is 20. The molecule has 0 heterocycles. The topological polar surface area (TPSA) is 35.5 Å². The molecule has 0 N–H and O–H groups in total. The van der Waals surface area contributed by atoms with Crippen LogP contribution in [0.3, 0.4) is 0 Å². The van der Waals surface area contributed by atoms with E-state index < -0.39 is 0 Å². The van der Waals surface area contributed by atoms with Gasteiger partial charge in [0, 0.05) is 18.4 Å². The molecular formula is C34H54NO3+. The fourth-order valence-corrected chi connectivity index (χ4v) is 5.16. The average Bonchev–Trinajstić information content (AvgIpc) is 2.89. The van der Waals surface area contributed by atoms with Crippen LogP contribution in [0, 0.1) is 0 Å². The van der Waals surface area contributed by atoms with Gasteiger partial charge in [-0.1, -0.05) is 107 Å². The number of carbonyl (C=O) groups is 1. The molecule has 0 amide bonds. The molecule has 0 aliphatic rings. The van der Waals surface area contributed by atoms with Gasteiger partial charge in [-0.25, -0.2) is 4.79 Å². The van der Waals surface area contributed by atoms with Crippen molar-refractivity contribution in [1.82, 2.24) is 0 Å². The molecule has 0 aliphatic heterocycles. The third-order valence-electron chi connectivity index (χ3n) is 7.48. The Morgan fingerprint density at radius 1 is 0.789 bits per heavy atom. The van der Waals surface area contributed by atoms with Crippen molar-refractivity contribution in [2.45, 2.75) is 117 Å². The Labute approximate surface area is 233 Å². The van der Waals surface area contributed by atoms with E-state index in [-0.39, 0.29) is 18.1 Å². The third kappa shape index (κ3) is 12.0. The molecule has 4 heteroatoms. The van der Waals surface area contributed by atoms with Crippen LogP contribution in [0.2, 0.25) is 0 Å². The Balaban J connectivity index is 1.78. The summed E-state index contributed by atoms with van der Waals surface area (Å²) in [7, 11) is 4.26. The molecule has 2 unspecified atom stereocenters. The number of likely N-dealkylation sites (N-methyl/N-ethyl adjacent to an activating group) is 1. The Hall–Kier alpha value is -2.33. The van der Waals surface area contributed by atoms with Crippen LogP contribution in [0.15, 0.2) is 54.6 Å². The first kappa shape index (κ1) is 31.9. The number of benzene rings is 2. The van der Waals surface area contributed by atoms with Crippen molar-refractivity contribution in [3.8, 4) is 5.75 Å². The van der Waals surface area contributed by atoms with Crippen molar-refractivity contribution in [1.29, 1.82) is 0 Å². The van der Waals surface area contributed by atoms with Gasteiger partial charge >= 0.3 is 5.97 Å². The lowest BCUT2D eigenvalue weighted by atomic mass is 10.0. The van der Waals surface area contributed by atoms with Crippen molar-refractivity contribution in [3.05, 3.63) is 65.7 Å². The number of hydrogen-bond donors (Lipinski definition) is 0. The summed E-state index contributed by atoms with van der Waals surface area (Å²) >= 11 is 0. The third-order valence-corrected chi connectivity index (χ3v) is 7.48. The van der Waals surface area contributed by atoms with Gasteiger partial charge in [-0.05, 0) is 37.8 Å². The Bertz CT molecular complexity index is 896. The van der Waals surface area contributed by atoms with Gasteiger partial charge in [0.1, 0.15) is 12.3 Å². The zero-order valence-corrected chi connectivity index (χ0v) is 24.9. The molecule has 0 saturated heterocycles. The summed E-state index contributed by atoms with van der Waals surface area (Å²) < 4.78 is 12.7. The molecule has 0 radical (unpaired) electrons. The zero-order chi connectivity index (χ0) is 27.6. The predicted molar refractivity (Wildman–Crippen MR) is 159 cm³/mol. The summed E-state index contributed by atoms with van der Waals surface area (Å²) in [5, 5.41) is 0. The number of para-hydroxylation sites is 1. The summed E-state index contributed by atoms with van der Waals surface area (Å²) in [5.41, 5.74) is 2.52. The highest BCUT2D eigenvalue weighted by Gasteiger charge is 2.35. The van der Waals surface area contributed by atoms with Crippen molar-refractivity contribution < 1.29 is 18.8 Å². The number of carbonyl (C=O) groups excluding carboxylic acids is 1. The van der Waals surface area contributed by atoms with Crippen LogP contribution in [-0.2, 0) is 22.5 Å². The summed E-state index contributed by atoms with van der Waals surface area (Å²) in [6.45, 7) is 7.65. The maximum absolute atomic E-state index is 13.1. The molecule has 2 aromatic carbocycles. The predicted octanol–water partition coefficient (Wildman–Crippen LogP) is 8.52. The van der Waals surface area contributed by atoms with Crippen molar-refractivity contribution in [2.24, 2.45) is 0 Å². The van der Waals surface area contributed by atoms with E-state index in [4.69, 9.17) is 9.47 Å². The van der Waals surface area contributed by atoms with Crippen molar-refractivity contribution in [3.63, 3.8) is 0 Å². The molecule has 38 heavy (non-hydrogen) atoms. The van der Waals surface area contributed by atoms with E-state index >= 15 is 0 Å². The van der Waals surface area contributed by atoms with E-state index in [0.29, 0.717) is 17.5 Å². The maximum Gasteiger partial charge on any atom is 0.364 e. The van der Waals surface area contributed by atoms with E-state index in [0.717, 1.165) is 31.6 Å². The molecule has 2 atom stereocenters. The molecule has 0 fully saturated rings. The molecule has 212 valence electrons. The lowest BCUT2D eigenvalue weighted by molar-refractivity contribution is -0.920. The number of quaternary nitrogens is 1. The highest BCUT2D eigenvalue weighted by atomic mass is 16.5. The van der Waals surface area contributed by atoms with Crippen LogP contribution in [0.5, 0.6) is 5.75 Å². The summed E-state index contributed by atoms with van der Waals surface area (Å²) in [6, 6.07) is 18.6. The molecule has 4 nitrogen and oxygen atoms in total. The molecule has 0 aliphatic carbocycles. The summed E-state index contributed by atoms with van der Waals surface area (Å²) in [5.74, 6) is 0.869. The molecule has 2 aromatic rings. The molecule has 2 rings (SSSR count). The first-order valence-corrected chi connectivity index (χ1v) is 15.1. The maximum atomic E-state index is 13.1. The van der Waals surface area contributed by atoms with Crippen LogP contribution >= 0.6 is 0 Å². The standard InChI is InChI=1S/C34H54NO3/c1-6-8-9-10-11-12-13-17-23-31-24-18-19-25-33(31)38-29(3)26-27-37-34(36)32(20-7-2)35(4,5)28-30-21-15-14-16-22-30/h14-16,18-19,21-22,24-25,29,32H,6-13,17,20,23,26-28H2,1-5H3/q+1. The number of aryl methyl sites for hydroxylation is 1. The van der Waals surface area contributed by atoms with Gasteiger partial charge in [-0.2, -0.15) is 0 Å². The quantitative estimate of drug-likeness (QED) is 0.0989. The minimum Gasteiger partial charge on any atom is -0.490 e. The molecule has 0 spiro atoms. The molecule has 0 bridgehead atoms. The lowest BCUT2D eigenvalue weighted by Crippen LogP contribution is -2.52. The second-order valence-corrected chi connectivity index (χ2v) is 11.4. The average molecular weight is 525 g/mol. The first-order valence-electron chi connectivity index (χ1n) is 15.1. The van der Waals surface area contributed by atoms with Gasteiger partial charge in [0.25, 0.3) is 0 Å². The van der Waals surface area contributed by atoms with Crippen LogP contribution in [0.4, 0.5) is 0 Å². The molecular weight excluding hydrogens is 470 g/mol. The first-order chi connectivity index (χ1) is 18.4. The van der Waals surface area contributed by atoms with Crippen LogP contribution in [0.25, 0.3) is 0 Å². The van der Waals surface area contributed by atoms with Gasteiger partial charge in [-0.3, -0.25) is 0 Å². The summed E-state index contributed by atoms with van der Waals surface area (Å²) in [4.78, 5) is 13.1. The fourth-order valence-electron chi connectivity index (χ4n) is 5.16. The number of unbranched alkanes of at least 4 members (excludes halogenated alkanes) is 7.